The zero-order valence-electron chi connectivity index (χ0n) is 13.3. The normalized spacial score (nSPS) is 13.5. The molecule has 0 radical (unpaired) electrons. The van der Waals surface area contributed by atoms with E-state index in [0.29, 0.717) is 18.5 Å². The highest BCUT2D eigenvalue weighted by molar-refractivity contribution is 5.64. The van der Waals surface area contributed by atoms with E-state index in [1.807, 2.05) is 42.5 Å². The lowest BCUT2D eigenvalue weighted by molar-refractivity contribution is 0.996. The topological polar surface area (TPSA) is 62.7 Å². The first-order valence-corrected chi connectivity index (χ1v) is 8.22. The SMILES string of the molecule is c1ccc(-c2cc(NC3CC3)nc(NCc3ccccn3)n2)cc1. The molecular formula is C19H19N5. The summed E-state index contributed by atoms with van der Waals surface area (Å²) in [5.41, 5.74) is 2.96. The number of benzene rings is 1. The summed E-state index contributed by atoms with van der Waals surface area (Å²) in [5.74, 6) is 1.49. The van der Waals surface area contributed by atoms with Gasteiger partial charge in [0.2, 0.25) is 5.95 Å². The molecule has 0 bridgehead atoms. The Labute approximate surface area is 141 Å². The Morgan fingerprint density at radius 1 is 0.958 bits per heavy atom. The Kier molecular flexibility index (Phi) is 4.06. The van der Waals surface area contributed by atoms with E-state index in [-0.39, 0.29) is 0 Å². The number of hydrogen-bond acceptors (Lipinski definition) is 5. The van der Waals surface area contributed by atoms with Gasteiger partial charge in [-0.05, 0) is 25.0 Å². The lowest BCUT2D eigenvalue weighted by atomic mass is 10.1. The summed E-state index contributed by atoms with van der Waals surface area (Å²) in [6, 6.07) is 18.6. The summed E-state index contributed by atoms with van der Waals surface area (Å²) in [4.78, 5) is 13.6. The van der Waals surface area contributed by atoms with Crippen LogP contribution in [0.15, 0.2) is 60.8 Å². The molecule has 0 saturated heterocycles. The van der Waals surface area contributed by atoms with Crippen LogP contribution in [0.2, 0.25) is 0 Å². The van der Waals surface area contributed by atoms with E-state index in [1.165, 1.54) is 12.8 Å². The van der Waals surface area contributed by atoms with E-state index in [0.717, 1.165) is 22.8 Å². The zero-order chi connectivity index (χ0) is 16.2. The minimum atomic E-state index is 0.548. The Balaban J connectivity index is 1.59. The molecule has 0 spiro atoms. The molecule has 2 aromatic heterocycles. The highest BCUT2D eigenvalue weighted by Crippen LogP contribution is 2.27. The monoisotopic (exact) mass is 317 g/mol. The van der Waals surface area contributed by atoms with Crippen molar-refractivity contribution in [2.45, 2.75) is 25.4 Å². The van der Waals surface area contributed by atoms with Gasteiger partial charge in [-0.3, -0.25) is 4.98 Å². The van der Waals surface area contributed by atoms with Crippen LogP contribution >= 0.6 is 0 Å². The van der Waals surface area contributed by atoms with E-state index >= 15 is 0 Å². The van der Waals surface area contributed by atoms with Gasteiger partial charge in [0, 0.05) is 23.9 Å². The first-order chi connectivity index (χ1) is 11.9. The summed E-state index contributed by atoms with van der Waals surface area (Å²) in [6.07, 6.45) is 4.21. The summed E-state index contributed by atoms with van der Waals surface area (Å²) < 4.78 is 0. The third kappa shape index (κ3) is 3.68. The third-order valence-electron chi connectivity index (χ3n) is 3.88. The van der Waals surface area contributed by atoms with Crippen LogP contribution in [0.1, 0.15) is 18.5 Å². The molecule has 1 saturated carbocycles. The van der Waals surface area contributed by atoms with Gasteiger partial charge in [0.15, 0.2) is 0 Å². The van der Waals surface area contributed by atoms with Gasteiger partial charge in [-0.1, -0.05) is 36.4 Å². The van der Waals surface area contributed by atoms with Crippen molar-refractivity contribution in [2.75, 3.05) is 10.6 Å². The summed E-state index contributed by atoms with van der Waals surface area (Å²) >= 11 is 0. The number of aromatic nitrogens is 3. The number of nitrogens with zero attached hydrogens (tertiary/aromatic N) is 3. The highest BCUT2D eigenvalue weighted by Gasteiger charge is 2.22. The maximum atomic E-state index is 4.66. The number of hydrogen-bond donors (Lipinski definition) is 2. The van der Waals surface area contributed by atoms with Gasteiger partial charge in [0.05, 0.1) is 17.9 Å². The van der Waals surface area contributed by atoms with Crippen molar-refractivity contribution >= 4 is 11.8 Å². The van der Waals surface area contributed by atoms with Crippen LogP contribution < -0.4 is 10.6 Å². The molecule has 1 aliphatic rings. The van der Waals surface area contributed by atoms with Crippen molar-refractivity contribution in [3.63, 3.8) is 0 Å². The predicted molar refractivity (Wildman–Crippen MR) is 95.7 cm³/mol. The summed E-state index contributed by atoms with van der Waals surface area (Å²) in [6.45, 7) is 0.599. The first-order valence-electron chi connectivity index (χ1n) is 8.22. The first kappa shape index (κ1) is 14.6. The fourth-order valence-corrected chi connectivity index (χ4v) is 2.47. The Morgan fingerprint density at radius 2 is 1.79 bits per heavy atom. The largest absolute Gasteiger partial charge is 0.367 e. The summed E-state index contributed by atoms with van der Waals surface area (Å²) in [5, 5.41) is 6.74. The van der Waals surface area contributed by atoms with E-state index in [2.05, 4.69) is 37.7 Å². The average molecular weight is 317 g/mol. The van der Waals surface area contributed by atoms with Gasteiger partial charge >= 0.3 is 0 Å². The lowest BCUT2D eigenvalue weighted by Crippen LogP contribution is -2.09. The molecule has 4 rings (SSSR count). The van der Waals surface area contributed by atoms with Crippen LogP contribution in [0.5, 0.6) is 0 Å². The summed E-state index contributed by atoms with van der Waals surface area (Å²) in [7, 11) is 0. The van der Waals surface area contributed by atoms with Crippen LogP contribution in [0, 0.1) is 0 Å². The second-order valence-electron chi connectivity index (χ2n) is 5.92. The van der Waals surface area contributed by atoms with Crippen LogP contribution in [0.3, 0.4) is 0 Å². The highest BCUT2D eigenvalue weighted by atomic mass is 15.2. The smallest absolute Gasteiger partial charge is 0.225 e. The van der Waals surface area contributed by atoms with Gasteiger partial charge < -0.3 is 10.6 Å². The van der Waals surface area contributed by atoms with Crippen LogP contribution in [0.4, 0.5) is 11.8 Å². The van der Waals surface area contributed by atoms with Gasteiger partial charge in [-0.15, -0.1) is 0 Å². The maximum Gasteiger partial charge on any atom is 0.225 e. The molecule has 1 aliphatic carbocycles. The lowest BCUT2D eigenvalue weighted by Gasteiger charge is -2.11. The molecule has 1 fully saturated rings. The molecule has 2 heterocycles. The van der Waals surface area contributed by atoms with Gasteiger partial charge in [0.1, 0.15) is 5.82 Å². The van der Waals surface area contributed by atoms with E-state index in [1.54, 1.807) is 6.20 Å². The van der Waals surface area contributed by atoms with Crippen molar-refractivity contribution in [1.82, 2.24) is 15.0 Å². The van der Waals surface area contributed by atoms with Gasteiger partial charge in [-0.25, -0.2) is 4.98 Å². The Morgan fingerprint density at radius 3 is 2.54 bits per heavy atom. The number of nitrogens with one attached hydrogen (secondary N) is 2. The van der Waals surface area contributed by atoms with Crippen LogP contribution in [0.25, 0.3) is 11.3 Å². The molecule has 2 N–H and O–H groups in total. The molecule has 0 atom stereocenters. The third-order valence-corrected chi connectivity index (χ3v) is 3.88. The molecule has 24 heavy (non-hydrogen) atoms. The molecule has 0 unspecified atom stereocenters. The van der Waals surface area contributed by atoms with E-state index in [4.69, 9.17) is 0 Å². The predicted octanol–water partition coefficient (Wildman–Crippen LogP) is 3.73. The average Bonchev–Trinajstić information content (AvgIpc) is 3.45. The molecule has 120 valence electrons. The van der Waals surface area contributed by atoms with Crippen LogP contribution in [-0.4, -0.2) is 21.0 Å². The van der Waals surface area contributed by atoms with E-state index < -0.39 is 0 Å². The number of rotatable bonds is 6. The minimum Gasteiger partial charge on any atom is -0.367 e. The second-order valence-corrected chi connectivity index (χ2v) is 5.92. The van der Waals surface area contributed by atoms with Crippen molar-refractivity contribution in [3.05, 3.63) is 66.5 Å². The van der Waals surface area contributed by atoms with Gasteiger partial charge in [0.25, 0.3) is 0 Å². The van der Waals surface area contributed by atoms with Crippen molar-refractivity contribution < 1.29 is 0 Å². The van der Waals surface area contributed by atoms with Gasteiger partial charge in [-0.2, -0.15) is 4.98 Å². The van der Waals surface area contributed by atoms with Crippen molar-refractivity contribution in [2.24, 2.45) is 0 Å². The van der Waals surface area contributed by atoms with E-state index in [9.17, 15) is 0 Å². The number of anilines is 2. The quantitative estimate of drug-likeness (QED) is 0.725. The minimum absolute atomic E-state index is 0.548. The molecule has 3 aromatic rings. The Hall–Kier alpha value is -2.95. The number of pyridine rings is 1. The fourth-order valence-electron chi connectivity index (χ4n) is 2.47. The fraction of sp³-hybridized carbons (Fsp3) is 0.211. The molecule has 0 amide bonds. The van der Waals surface area contributed by atoms with Crippen LogP contribution in [-0.2, 0) is 6.54 Å². The zero-order valence-corrected chi connectivity index (χ0v) is 13.3. The standard InChI is InChI=1S/C19H19N5/c1-2-6-14(7-3-1)17-12-18(22-15-9-10-15)24-19(23-17)21-13-16-8-4-5-11-20-16/h1-8,11-12,15H,9-10,13H2,(H2,21,22,23,24). The molecule has 1 aromatic carbocycles. The molecule has 5 nitrogen and oxygen atoms in total. The van der Waals surface area contributed by atoms with Crippen molar-refractivity contribution in [3.8, 4) is 11.3 Å². The maximum absolute atomic E-state index is 4.66. The Bertz CT molecular complexity index is 801. The van der Waals surface area contributed by atoms with Crippen molar-refractivity contribution in [1.29, 1.82) is 0 Å². The molecular weight excluding hydrogens is 298 g/mol. The molecule has 0 aliphatic heterocycles. The molecule has 5 heteroatoms. The second kappa shape index (κ2) is 6.66.